The number of hydrogen-bond acceptors (Lipinski definition) is 11. The van der Waals surface area contributed by atoms with E-state index in [4.69, 9.17) is 16.6 Å². The summed E-state index contributed by atoms with van der Waals surface area (Å²) in [7, 11) is 0. The molecule has 0 saturated carbocycles. The minimum atomic E-state index is -1.33. The second kappa shape index (κ2) is 22.0. The van der Waals surface area contributed by atoms with Crippen molar-refractivity contribution in [1.82, 2.24) is 37.2 Å². The molecule has 0 aliphatic heterocycles. The molecule has 20 heteroatoms. The monoisotopic (exact) mass is 707 g/mol. The molecular formula is C30H45N9O11. The van der Waals surface area contributed by atoms with Gasteiger partial charge in [-0.05, 0) is 30.0 Å². The first-order chi connectivity index (χ1) is 23.6. The van der Waals surface area contributed by atoms with Gasteiger partial charge in [0.15, 0.2) is 0 Å². The number of nitrogens with two attached hydrogens (primary N) is 2. The fourth-order valence-corrected chi connectivity index (χ4v) is 4.11. The summed E-state index contributed by atoms with van der Waals surface area (Å²) < 4.78 is 0. The fourth-order valence-electron chi connectivity index (χ4n) is 4.11. The normalized spacial score (nSPS) is 12.9. The van der Waals surface area contributed by atoms with E-state index in [0.29, 0.717) is 12.0 Å². The molecule has 8 amide bonds. The molecule has 276 valence electrons. The maximum absolute atomic E-state index is 13.6. The van der Waals surface area contributed by atoms with E-state index < -0.39 is 110 Å². The third-order valence-electron chi connectivity index (χ3n) is 7.07. The minimum absolute atomic E-state index is 0.0478. The molecule has 0 saturated heterocycles. The van der Waals surface area contributed by atoms with Gasteiger partial charge >= 0.3 is 5.97 Å². The van der Waals surface area contributed by atoms with Crippen molar-refractivity contribution in [3.8, 4) is 5.75 Å². The topological polar surface area (TPSA) is 330 Å². The van der Waals surface area contributed by atoms with Crippen LogP contribution >= 0.6 is 0 Å². The first-order valence-electron chi connectivity index (χ1n) is 15.5. The summed E-state index contributed by atoms with van der Waals surface area (Å²) in [4.78, 5) is 110. The van der Waals surface area contributed by atoms with Crippen molar-refractivity contribution in [3.63, 3.8) is 0 Å². The average Bonchev–Trinajstić information content (AvgIpc) is 3.08. The highest BCUT2D eigenvalue weighted by atomic mass is 16.4. The standard InChI is InChI=1S/C30H45N9O11/c1-3-16(2)27(30(50)36-14-25(45)34-12-23(43)33-13-24(44)35-15-26(46)47)39-29(49)20(10-17-4-6-18(40)7-5-17)38-28(48)19(8-9-21(32)41)37-22(42)11-31/h4-7,16,19-20,27,40H,3,8-15,31H2,1-2H3,(H2,32,41)(H,33,43)(H,34,45)(H,35,44)(H,36,50)(H,37,42)(H,38,48)(H,39,49)(H,46,47)/t16-,19-,20-,27-/m0/s1. The van der Waals surface area contributed by atoms with Crippen LogP contribution in [0.3, 0.4) is 0 Å². The summed E-state index contributed by atoms with van der Waals surface area (Å²) in [5.74, 6) is -7.93. The highest BCUT2D eigenvalue weighted by molar-refractivity contribution is 5.96. The Morgan fingerprint density at radius 2 is 1.22 bits per heavy atom. The maximum Gasteiger partial charge on any atom is 0.322 e. The number of hydrogen-bond donors (Lipinski definition) is 11. The van der Waals surface area contributed by atoms with Crippen LogP contribution in [-0.4, -0.2) is 114 Å². The number of carbonyl (C=O) groups is 9. The van der Waals surface area contributed by atoms with E-state index in [1.165, 1.54) is 24.3 Å². The Kier molecular flexibility index (Phi) is 18.5. The fraction of sp³-hybridized carbons (Fsp3) is 0.500. The molecule has 0 radical (unpaired) electrons. The van der Waals surface area contributed by atoms with Crippen LogP contribution in [0.5, 0.6) is 5.75 Å². The predicted molar refractivity (Wildman–Crippen MR) is 174 cm³/mol. The molecule has 0 unspecified atom stereocenters. The van der Waals surface area contributed by atoms with E-state index in [-0.39, 0.29) is 25.0 Å². The van der Waals surface area contributed by atoms with E-state index in [0.717, 1.165) is 0 Å². The minimum Gasteiger partial charge on any atom is -0.508 e. The molecule has 0 aliphatic rings. The number of nitrogens with one attached hydrogen (secondary N) is 7. The van der Waals surface area contributed by atoms with Crippen LogP contribution in [0, 0.1) is 5.92 Å². The summed E-state index contributed by atoms with van der Waals surface area (Å²) in [6, 6.07) is 1.94. The molecule has 50 heavy (non-hydrogen) atoms. The SMILES string of the molecule is CC[C@H](C)[C@H](NC(=O)[C@H](Cc1ccc(O)cc1)NC(=O)[C@H](CCC(N)=O)NC(=O)CN)C(=O)NCC(=O)NCC(=O)NCC(=O)NCC(=O)O. The molecule has 13 N–H and O–H groups in total. The number of carboxylic acids is 1. The Bertz CT molecular complexity index is 1390. The molecule has 1 rings (SSSR count). The molecule has 4 atom stereocenters. The Labute approximate surface area is 287 Å². The number of aliphatic carboxylic acids is 1. The Balaban J connectivity index is 2.99. The second-order valence-corrected chi connectivity index (χ2v) is 11.1. The van der Waals surface area contributed by atoms with E-state index in [1.54, 1.807) is 13.8 Å². The number of aromatic hydroxyl groups is 1. The summed E-state index contributed by atoms with van der Waals surface area (Å²) in [5.41, 5.74) is 11.1. The molecule has 0 aliphatic carbocycles. The molecule has 1 aromatic carbocycles. The molecular weight excluding hydrogens is 662 g/mol. The van der Waals surface area contributed by atoms with Gasteiger partial charge in [0.2, 0.25) is 47.3 Å². The number of carboxylic acid groups (broad SMARTS) is 1. The van der Waals surface area contributed by atoms with Crippen molar-refractivity contribution in [2.45, 2.75) is 57.7 Å². The predicted octanol–water partition coefficient (Wildman–Crippen LogP) is -4.79. The number of rotatable bonds is 22. The summed E-state index contributed by atoms with van der Waals surface area (Å²) >= 11 is 0. The van der Waals surface area contributed by atoms with Gasteiger partial charge < -0.3 is 58.9 Å². The Morgan fingerprint density at radius 1 is 0.700 bits per heavy atom. The zero-order valence-electron chi connectivity index (χ0n) is 27.7. The van der Waals surface area contributed by atoms with E-state index >= 15 is 0 Å². The van der Waals surface area contributed by atoms with Gasteiger partial charge in [-0.3, -0.25) is 43.2 Å². The van der Waals surface area contributed by atoms with Crippen LogP contribution in [-0.2, 0) is 49.6 Å². The van der Waals surface area contributed by atoms with E-state index in [2.05, 4.69) is 31.9 Å². The molecule has 0 bridgehead atoms. The number of phenolic OH excluding ortho intramolecular Hbond substituents is 1. The summed E-state index contributed by atoms with van der Waals surface area (Å²) in [6.07, 6.45) is -0.173. The molecule has 20 nitrogen and oxygen atoms in total. The van der Waals surface area contributed by atoms with Crippen LogP contribution < -0.4 is 48.7 Å². The number of primary amides is 1. The zero-order chi connectivity index (χ0) is 37.8. The van der Waals surface area contributed by atoms with Crippen molar-refractivity contribution >= 4 is 53.2 Å². The van der Waals surface area contributed by atoms with Crippen LogP contribution in [0.1, 0.15) is 38.7 Å². The first kappa shape index (κ1) is 42.2. The molecule has 0 aromatic heterocycles. The van der Waals surface area contributed by atoms with Gasteiger partial charge in [-0.2, -0.15) is 0 Å². The highest BCUT2D eigenvalue weighted by Crippen LogP contribution is 2.13. The van der Waals surface area contributed by atoms with Crippen LogP contribution in [0.4, 0.5) is 0 Å². The lowest BCUT2D eigenvalue weighted by Crippen LogP contribution is -2.59. The molecule has 0 spiro atoms. The van der Waals surface area contributed by atoms with Crippen molar-refractivity contribution in [1.29, 1.82) is 0 Å². The van der Waals surface area contributed by atoms with Gasteiger partial charge in [-0.25, -0.2) is 0 Å². The molecule has 1 aromatic rings. The van der Waals surface area contributed by atoms with Crippen molar-refractivity contribution < 1.29 is 53.4 Å². The lowest BCUT2D eigenvalue weighted by atomic mass is 9.97. The first-order valence-corrected chi connectivity index (χ1v) is 15.5. The number of amides is 8. The van der Waals surface area contributed by atoms with Gasteiger partial charge in [0.1, 0.15) is 30.4 Å². The summed E-state index contributed by atoms with van der Waals surface area (Å²) in [6.45, 7) is 0.649. The Morgan fingerprint density at radius 3 is 1.72 bits per heavy atom. The van der Waals surface area contributed by atoms with Crippen molar-refractivity contribution in [3.05, 3.63) is 29.8 Å². The van der Waals surface area contributed by atoms with Crippen LogP contribution in [0.2, 0.25) is 0 Å². The molecule has 0 fully saturated rings. The maximum atomic E-state index is 13.6. The van der Waals surface area contributed by atoms with Crippen molar-refractivity contribution in [2.75, 3.05) is 32.7 Å². The highest BCUT2D eigenvalue weighted by Gasteiger charge is 2.32. The van der Waals surface area contributed by atoms with Gasteiger partial charge in [-0.1, -0.05) is 32.4 Å². The third kappa shape index (κ3) is 16.9. The smallest absolute Gasteiger partial charge is 0.322 e. The lowest BCUT2D eigenvalue weighted by molar-refractivity contribution is -0.138. The van der Waals surface area contributed by atoms with Crippen molar-refractivity contribution in [2.24, 2.45) is 17.4 Å². The zero-order valence-corrected chi connectivity index (χ0v) is 27.7. The second-order valence-electron chi connectivity index (χ2n) is 11.1. The number of carbonyl (C=O) groups excluding carboxylic acids is 8. The molecule has 0 heterocycles. The lowest BCUT2D eigenvalue weighted by Gasteiger charge is -2.27. The van der Waals surface area contributed by atoms with Gasteiger partial charge in [0.05, 0.1) is 26.2 Å². The van der Waals surface area contributed by atoms with E-state index in [1.807, 2.05) is 5.32 Å². The summed E-state index contributed by atoms with van der Waals surface area (Å²) in [5, 5.41) is 34.6. The van der Waals surface area contributed by atoms with Crippen LogP contribution in [0.25, 0.3) is 0 Å². The quantitative estimate of drug-likeness (QED) is 0.0541. The number of phenols is 1. The Hall–Kier alpha value is -5.79. The van der Waals surface area contributed by atoms with E-state index in [9.17, 15) is 48.3 Å². The van der Waals surface area contributed by atoms with Gasteiger partial charge in [-0.15, -0.1) is 0 Å². The average molecular weight is 708 g/mol. The van der Waals surface area contributed by atoms with Crippen LogP contribution in [0.15, 0.2) is 24.3 Å². The van der Waals surface area contributed by atoms with Gasteiger partial charge in [0, 0.05) is 12.8 Å². The third-order valence-corrected chi connectivity index (χ3v) is 7.07. The largest absolute Gasteiger partial charge is 0.508 e. The number of benzene rings is 1. The van der Waals surface area contributed by atoms with Gasteiger partial charge in [0.25, 0.3) is 0 Å².